The number of carbonyl (C=O) groups is 3. The third kappa shape index (κ3) is 22.2. The molecule has 0 amide bonds. The van der Waals surface area contributed by atoms with Crippen LogP contribution < -0.4 is 22.9 Å². The molecule has 0 aliphatic carbocycles. The van der Waals surface area contributed by atoms with Gasteiger partial charge in [-0.3, -0.25) is 14.4 Å². The second-order valence-electron chi connectivity index (χ2n) is 6.91. The molecule has 10 heteroatoms. The summed E-state index contributed by atoms with van der Waals surface area (Å²) in [6, 6.07) is -2.12. The van der Waals surface area contributed by atoms with Crippen LogP contribution in [0.15, 0.2) is 0 Å². The van der Waals surface area contributed by atoms with Gasteiger partial charge in [0.05, 0.1) is 0 Å². The molecule has 10 nitrogen and oxygen atoms in total. The molecule has 0 radical (unpaired) electrons. The second kappa shape index (κ2) is 17.7. The maximum Gasteiger partial charge on any atom is 0.320 e. The number of carboxylic acids is 3. The minimum Gasteiger partial charge on any atom is -0.480 e. The van der Waals surface area contributed by atoms with E-state index < -0.39 is 36.0 Å². The molecule has 3 unspecified atom stereocenters. The third-order valence-electron chi connectivity index (χ3n) is 3.33. The summed E-state index contributed by atoms with van der Waals surface area (Å²) in [5.41, 5.74) is 20.8. The van der Waals surface area contributed by atoms with E-state index in [1.165, 1.54) is 0 Å². The van der Waals surface area contributed by atoms with Crippen molar-refractivity contribution in [3.8, 4) is 0 Å². The van der Waals surface area contributed by atoms with E-state index in [0.29, 0.717) is 25.3 Å². The van der Waals surface area contributed by atoms with Gasteiger partial charge in [0.15, 0.2) is 0 Å². The van der Waals surface area contributed by atoms with E-state index in [0.717, 1.165) is 12.8 Å². The number of unbranched alkanes of at least 4 members (excludes halogenated alkanes) is 1. The van der Waals surface area contributed by atoms with E-state index in [9.17, 15) is 14.4 Å². The van der Waals surface area contributed by atoms with Crippen molar-refractivity contribution in [2.45, 2.75) is 71.5 Å². The van der Waals surface area contributed by atoms with Crippen molar-refractivity contribution in [3.05, 3.63) is 0 Å². The van der Waals surface area contributed by atoms with Crippen LogP contribution in [0.1, 0.15) is 53.4 Å². The number of hydrogen-bond donors (Lipinski definition) is 7. The number of carboxylic acid groups (broad SMARTS) is 3. The Hall–Kier alpha value is -1.75. The average molecular weight is 395 g/mol. The zero-order valence-corrected chi connectivity index (χ0v) is 16.8. The van der Waals surface area contributed by atoms with Crippen LogP contribution >= 0.6 is 0 Å². The molecule has 3 atom stereocenters. The lowest BCUT2D eigenvalue weighted by Crippen LogP contribution is -2.34. The summed E-state index contributed by atoms with van der Waals surface area (Å²) in [5, 5.41) is 24.9. The van der Waals surface area contributed by atoms with Gasteiger partial charge < -0.3 is 38.3 Å². The average Bonchev–Trinajstić information content (AvgIpc) is 2.54. The molecule has 0 saturated heterocycles. The number of rotatable bonds is 10. The van der Waals surface area contributed by atoms with Crippen molar-refractivity contribution in [2.75, 3.05) is 6.54 Å². The van der Waals surface area contributed by atoms with Crippen LogP contribution in [0.5, 0.6) is 0 Å². The van der Waals surface area contributed by atoms with Gasteiger partial charge in [-0.05, 0) is 37.6 Å². The summed E-state index contributed by atoms with van der Waals surface area (Å²) < 4.78 is 0. The van der Waals surface area contributed by atoms with Crippen molar-refractivity contribution in [2.24, 2.45) is 34.8 Å². The van der Waals surface area contributed by atoms with Crippen LogP contribution in [-0.2, 0) is 14.4 Å². The largest absolute Gasteiger partial charge is 0.480 e. The molecule has 0 aliphatic heterocycles. The molecule has 0 saturated carbocycles. The quantitative estimate of drug-likeness (QED) is 0.246. The zero-order chi connectivity index (χ0) is 22.2. The molecule has 0 heterocycles. The Morgan fingerprint density at radius 2 is 1.22 bits per heavy atom. The van der Waals surface area contributed by atoms with Gasteiger partial charge in [-0.15, -0.1) is 0 Å². The van der Waals surface area contributed by atoms with Gasteiger partial charge in [0.25, 0.3) is 0 Å². The lowest BCUT2D eigenvalue weighted by molar-refractivity contribution is -0.140. The smallest absolute Gasteiger partial charge is 0.320 e. The van der Waals surface area contributed by atoms with Gasteiger partial charge in [0.2, 0.25) is 0 Å². The Bertz CT molecular complexity index is 418. The van der Waals surface area contributed by atoms with Crippen molar-refractivity contribution in [1.82, 2.24) is 0 Å². The molecular weight excluding hydrogens is 356 g/mol. The lowest BCUT2D eigenvalue weighted by Gasteiger charge is -2.07. The maximum atomic E-state index is 10.1. The molecule has 0 aromatic carbocycles. The fourth-order valence-electron chi connectivity index (χ4n) is 1.53. The molecule has 0 aliphatic rings. The fraction of sp³-hybridized carbons (Fsp3) is 0.824. The van der Waals surface area contributed by atoms with Gasteiger partial charge >= 0.3 is 17.9 Å². The first kappa shape index (κ1) is 30.0. The summed E-state index contributed by atoms with van der Waals surface area (Å²) in [7, 11) is 0. The molecule has 0 bridgehead atoms. The Balaban J connectivity index is -0.000000322. The van der Waals surface area contributed by atoms with Crippen LogP contribution in [0.3, 0.4) is 0 Å². The molecule has 11 N–H and O–H groups in total. The summed E-state index contributed by atoms with van der Waals surface area (Å²) in [4.78, 5) is 30.3. The number of aliphatic carboxylic acids is 3. The van der Waals surface area contributed by atoms with E-state index in [2.05, 4.69) is 0 Å². The SMILES string of the molecule is CC(C)C(N)C(=O)O.CC(C)CC(N)C(=O)O.NCCCCC(N)C(=O)O. The van der Waals surface area contributed by atoms with Crippen LogP contribution in [0, 0.1) is 11.8 Å². The topological polar surface area (TPSA) is 216 Å². The molecule has 0 rings (SSSR count). The predicted molar refractivity (Wildman–Crippen MR) is 104 cm³/mol. The Labute approximate surface area is 161 Å². The minimum atomic E-state index is -0.933. The van der Waals surface area contributed by atoms with Gasteiger partial charge in [0.1, 0.15) is 18.1 Å². The molecule has 0 fully saturated rings. The maximum absolute atomic E-state index is 10.1. The van der Waals surface area contributed by atoms with Gasteiger partial charge in [-0.25, -0.2) is 0 Å². The van der Waals surface area contributed by atoms with E-state index in [1.54, 1.807) is 13.8 Å². The normalized spacial score (nSPS) is 13.6. The van der Waals surface area contributed by atoms with E-state index >= 15 is 0 Å². The van der Waals surface area contributed by atoms with Gasteiger partial charge in [-0.2, -0.15) is 0 Å². The van der Waals surface area contributed by atoms with Crippen molar-refractivity contribution in [1.29, 1.82) is 0 Å². The van der Waals surface area contributed by atoms with Crippen LogP contribution in [0.4, 0.5) is 0 Å². The highest BCUT2D eigenvalue weighted by Crippen LogP contribution is 2.01. The number of hydrogen-bond acceptors (Lipinski definition) is 7. The van der Waals surface area contributed by atoms with Gasteiger partial charge in [-0.1, -0.05) is 34.1 Å². The summed E-state index contributed by atoms with van der Waals surface area (Å²) in [5.74, 6) is -2.40. The van der Waals surface area contributed by atoms with E-state index in [4.69, 9.17) is 38.3 Å². The van der Waals surface area contributed by atoms with Crippen molar-refractivity contribution in [3.63, 3.8) is 0 Å². The molecule has 0 aromatic heterocycles. The second-order valence-corrected chi connectivity index (χ2v) is 6.91. The highest BCUT2D eigenvalue weighted by molar-refractivity contribution is 5.73. The van der Waals surface area contributed by atoms with E-state index in [1.807, 2.05) is 13.8 Å². The zero-order valence-electron chi connectivity index (χ0n) is 16.8. The molecule has 0 spiro atoms. The summed E-state index contributed by atoms with van der Waals surface area (Å²) >= 11 is 0. The van der Waals surface area contributed by atoms with Crippen LogP contribution in [-0.4, -0.2) is 57.9 Å². The van der Waals surface area contributed by atoms with Crippen LogP contribution in [0.25, 0.3) is 0 Å². The van der Waals surface area contributed by atoms with Crippen LogP contribution in [0.2, 0.25) is 0 Å². The monoisotopic (exact) mass is 394 g/mol. The Kier molecular flexibility index (Phi) is 19.6. The molecular formula is C17H38N4O6. The summed E-state index contributed by atoms with van der Waals surface area (Å²) in [6.07, 6.45) is 2.72. The first-order valence-electron chi connectivity index (χ1n) is 8.92. The lowest BCUT2D eigenvalue weighted by atomic mass is 10.1. The molecule has 0 aromatic rings. The van der Waals surface area contributed by atoms with E-state index in [-0.39, 0.29) is 5.92 Å². The molecule has 162 valence electrons. The standard InChI is InChI=1S/C6H14N2O2.C6H13NO2.C5H11NO2/c7-4-2-1-3-5(8)6(9)10;1-4(2)3-5(7)6(8)9;1-3(2)4(6)5(7)8/h5H,1-4,7-8H2,(H,9,10);4-5H,3,7H2,1-2H3,(H,8,9);3-4H,6H2,1-2H3,(H,7,8). The number of nitrogens with two attached hydrogens (primary N) is 4. The van der Waals surface area contributed by atoms with Gasteiger partial charge in [0, 0.05) is 0 Å². The highest BCUT2D eigenvalue weighted by atomic mass is 16.4. The Morgan fingerprint density at radius 3 is 1.41 bits per heavy atom. The summed E-state index contributed by atoms with van der Waals surface area (Å²) in [6.45, 7) is 8.05. The Morgan fingerprint density at radius 1 is 0.778 bits per heavy atom. The molecule has 27 heavy (non-hydrogen) atoms. The first-order chi connectivity index (χ1) is 12.3. The predicted octanol–water partition coefficient (Wildman–Crippen LogP) is 0.0260. The third-order valence-corrected chi connectivity index (χ3v) is 3.33. The minimum absolute atomic E-state index is 0.0208. The highest BCUT2D eigenvalue weighted by Gasteiger charge is 2.14. The fourth-order valence-corrected chi connectivity index (χ4v) is 1.53. The van der Waals surface area contributed by atoms with Crippen molar-refractivity contribution < 1.29 is 29.7 Å². The van der Waals surface area contributed by atoms with Crippen molar-refractivity contribution >= 4 is 17.9 Å². The first-order valence-corrected chi connectivity index (χ1v) is 8.92.